The van der Waals surface area contributed by atoms with Gasteiger partial charge in [0.1, 0.15) is 0 Å². The van der Waals surface area contributed by atoms with Crippen LogP contribution < -0.4 is 0 Å². The SMILES string of the molecule is CCc1nnc(C)cc1C(=O)Cc1cccc(Br)c1. The standard InChI is InChI=1S/C15H15BrN2O/c1-3-14-13(7-10(2)17-18-14)15(19)9-11-5-4-6-12(16)8-11/h4-8H,3,9H2,1-2H3. The number of hydrogen-bond donors (Lipinski definition) is 0. The molecule has 4 heteroatoms. The molecule has 0 amide bonds. The number of carbonyl (C=O) groups excluding carboxylic acids is 1. The molecular weight excluding hydrogens is 304 g/mol. The molecule has 0 saturated carbocycles. The minimum Gasteiger partial charge on any atom is -0.294 e. The Labute approximate surface area is 121 Å². The van der Waals surface area contributed by atoms with Crippen molar-refractivity contribution >= 4 is 21.7 Å². The first-order chi connectivity index (χ1) is 9.10. The first-order valence-electron chi connectivity index (χ1n) is 6.21. The molecule has 98 valence electrons. The van der Waals surface area contributed by atoms with Crippen molar-refractivity contribution in [2.45, 2.75) is 26.7 Å². The molecule has 0 fully saturated rings. The number of halogens is 1. The number of nitrogens with zero attached hydrogens (tertiary/aromatic N) is 2. The van der Waals surface area contributed by atoms with Gasteiger partial charge < -0.3 is 0 Å². The summed E-state index contributed by atoms with van der Waals surface area (Å²) in [7, 11) is 0. The van der Waals surface area contributed by atoms with Crippen molar-refractivity contribution in [2.24, 2.45) is 0 Å². The highest BCUT2D eigenvalue weighted by atomic mass is 79.9. The molecule has 2 aromatic rings. The van der Waals surface area contributed by atoms with Crippen LogP contribution in [-0.4, -0.2) is 16.0 Å². The number of aryl methyl sites for hydroxylation is 2. The number of ketones is 1. The van der Waals surface area contributed by atoms with E-state index in [-0.39, 0.29) is 5.78 Å². The summed E-state index contributed by atoms with van der Waals surface area (Å²) in [6, 6.07) is 9.62. The molecule has 0 aliphatic carbocycles. The lowest BCUT2D eigenvalue weighted by Gasteiger charge is -2.06. The van der Waals surface area contributed by atoms with Crippen molar-refractivity contribution in [1.29, 1.82) is 0 Å². The monoisotopic (exact) mass is 318 g/mol. The molecule has 0 aliphatic heterocycles. The molecule has 0 radical (unpaired) electrons. The maximum atomic E-state index is 12.4. The van der Waals surface area contributed by atoms with Gasteiger partial charge in [-0.2, -0.15) is 10.2 Å². The molecule has 19 heavy (non-hydrogen) atoms. The topological polar surface area (TPSA) is 42.9 Å². The molecule has 0 bridgehead atoms. The summed E-state index contributed by atoms with van der Waals surface area (Å²) in [6.45, 7) is 3.83. The number of rotatable bonds is 4. The van der Waals surface area contributed by atoms with Crippen LogP contribution >= 0.6 is 15.9 Å². The molecule has 1 aromatic carbocycles. The molecule has 0 unspecified atom stereocenters. The predicted molar refractivity (Wildman–Crippen MR) is 78.3 cm³/mol. The number of carbonyl (C=O) groups is 1. The second kappa shape index (κ2) is 6.06. The largest absolute Gasteiger partial charge is 0.294 e. The maximum Gasteiger partial charge on any atom is 0.169 e. The Bertz CT molecular complexity index is 611. The van der Waals surface area contributed by atoms with Gasteiger partial charge >= 0.3 is 0 Å². The fraction of sp³-hybridized carbons (Fsp3) is 0.267. The summed E-state index contributed by atoms with van der Waals surface area (Å²) < 4.78 is 0.984. The van der Waals surface area contributed by atoms with Crippen molar-refractivity contribution in [3.8, 4) is 0 Å². The second-order valence-electron chi connectivity index (χ2n) is 4.43. The zero-order valence-electron chi connectivity index (χ0n) is 11.0. The molecule has 3 nitrogen and oxygen atoms in total. The highest BCUT2D eigenvalue weighted by Gasteiger charge is 2.13. The third kappa shape index (κ3) is 3.47. The fourth-order valence-electron chi connectivity index (χ4n) is 1.94. The molecule has 1 heterocycles. The van der Waals surface area contributed by atoms with Crippen LogP contribution in [0.2, 0.25) is 0 Å². The van der Waals surface area contributed by atoms with Crippen LogP contribution in [0.25, 0.3) is 0 Å². The Balaban J connectivity index is 2.27. The van der Waals surface area contributed by atoms with Gasteiger partial charge in [0.25, 0.3) is 0 Å². The van der Waals surface area contributed by atoms with Gasteiger partial charge in [-0.25, -0.2) is 0 Å². The lowest BCUT2D eigenvalue weighted by Crippen LogP contribution is -2.10. The fourth-order valence-corrected chi connectivity index (χ4v) is 2.39. The van der Waals surface area contributed by atoms with E-state index in [4.69, 9.17) is 0 Å². The highest BCUT2D eigenvalue weighted by molar-refractivity contribution is 9.10. The zero-order chi connectivity index (χ0) is 13.8. The van der Waals surface area contributed by atoms with E-state index >= 15 is 0 Å². The number of hydrogen-bond acceptors (Lipinski definition) is 3. The van der Waals surface area contributed by atoms with Crippen LogP contribution in [0.5, 0.6) is 0 Å². The van der Waals surface area contributed by atoms with Crippen molar-refractivity contribution in [2.75, 3.05) is 0 Å². The Morgan fingerprint density at radius 1 is 1.26 bits per heavy atom. The van der Waals surface area contributed by atoms with Crippen LogP contribution in [0, 0.1) is 6.92 Å². The minimum atomic E-state index is 0.0907. The van der Waals surface area contributed by atoms with Crippen LogP contribution in [0.4, 0.5) is 0 Å². The molecule has 0 atom stereocenters. The Morgan fingerprint density at radius 2 is 2.05 bits per heavy atom. The van der Waals surface area contributed by atoms with E-state index in [9.17, 15) is 4.79 Å². The van der Waals surface area contributed by atoms with Crippen molar-refractivity contribution in [3.63, 3.8) is 0 Å². The lowest BCUT2D eigenvalue weighted by atomic mass is 10.0. The van der Waals surface area contributed by atoms with Gasteiger partial charge in [0.15, 0.2) is 5.78 Å². The van der Waals surface area contributed by atoms with Crippen LogP contribution in [-0.2, 0) is 12.8 Å². The van der Waals surface area contributed by atoms with Gasteiger partial charge in [0.2, 0.25) is 0 Å². The molecule has 0 aliphatic rings. The van der Waals surface area contributed by atoms with Gasteiger partial charge in [-0.1, -0.05) is 35.0 Å². The zero-order valence-corrected chi connectivity index (χ0v) is 12.6. The first kappa shape index (κ1) is 13.9. The Morgan fingerprint density at radius 3 is 2.74 bits per heavy atom. The third-order valence-electron chi connectivity index (χ3n) is 2.88. The van der Waals surface area contributed by atoms with Gasteiger partial charge in [0.05, 0.1) is 11.4 Å². The van der Waals surface area contributed by atoms with E-state index in [0.29, 0.717) is 18.4 Å². The van der Waals surface area contributed by atoms with Gasteiger partial charge in [0, 0.05) is 16.5 Å². The molecule has 0 saturated heterocycles. The van der Waals surface area contributed by atoms with Gasteiger partial charge in [-0.05, 0) is 37.1 Å². The van der Waals surface area contributed by atoms with Crippen LogP contribution in [0.3, 0.4) is 0 Å². The van der Waals surface area contributed by atoms with E-state index < -0.39 is 0 Å². The van der Waals surface area contributed by atoms with E-state index in [1.807, 2.05) is 44.2 Å². The lowest BCUT2D eigenvalue weighted by molar-refractivity contribution is 0.0991. The van der Waals surface area contributed by atoms with Gasteiger partial charge in [-0.15, -0.1) is 0 Å². The quantitative estimate of drug-likeness (QED) is 0.810. The Kier molecular flexibility index (Phi) is 4.43. The average Bonchev–Trinajstić information content (AvgIpc) is 2.38. The molecular formula is C15H15BrN2O. The number of benzene rings is 1. The van der Waals surface area contributed by atoms with Crippen molar-refractivity contribution < 1.29 is 4.79 Å². The average molecular weight is 319 g/mol. The maximum absolute atomic E-state index is 12.4. The summed E-state index contributed by atoms with van der Waals surface area (Å²) in [4.78, 5) is 12.4. The summed E-state index contributed by atoms with van der Waals surface area (Å²) in [5.74, 6) is 0.0907. The summed E-state index contributed by atoms with van der Waals surface area (Å²) in [6.07, 6.45) is 1.10. The summed E-state index contributed by atoms with van der Waals surface area (Å²) in [5, 5.41) is 8.10. The predicted octanol–water partition coefficient (Wildman–Crippen LogP) is 3.54. The molecule has 2 rings (SSSR count). The third-order valence-corrected chi connectivity index (χ3v) is 3.37. The Hall–Kier alpha value is -1.55. The molecule has 0 spiro atoms. The van der Waals surface area contributed by atoms with E-state index in [1.54, 1.807) is 0 Å². The number of Topliss-reactive ketones (excluding diaryl/α,β-unsaturated/α-hetero) is 1. The van der Waals surface area contributed by atoms with Crippen molar-refractivity contribution in [1.82, 2.24) is 10.2 Å². The molecule has 0 N–H and O–H groups in total. The highest BCUT2D eigenvalue weighted by Crippen LogP contribution is 2.15. The second-order valence-corrected chi connectivity index (χ2v) is 5.35. The number of aromatic nitrogens is 2. The van der Waals surface area contributed by atoms with Crippen molar-refractivity contribution in [3.05, 3.63) is 57.3 Å². The normalized spacial score (nSPS) is 10.5. The van der Waals surface area contributed by atoms with Crippen LogP contribution in [0.1, 0.15) is 34.2 Å². The van der Waals surface area contributed by atoms with E-state index in [1.165, 1.54) is 0 Å². The minimum absolute atomic E-state index is 0.0907. The van der Waals surface area contributed by atoms with Gasteiger partial charge in [-0.3, -0.25) is 4.79 Å². The van der Waals surface area contributed by atoms with E-state index in [0.717, 1.165) is 21.4 Å². The van der Waals surface area contributed by atoms with E-state index in [2.05, 4.69) is 26.1 Å². The first-order valence-corrected chi connectivity index (χ1v) is 7.00. The van der Waals surface area contributed by atoms with Crippen LogP contribution in [0.15, 0.2) is 34.8 Å². The summed E-state index contributed by atoms with van der Waals surface area (Å²) >= 11 is 3.41. The molecule has 1 aromatic heterocycles. The smallest absolute Gasteiger partial charge is 0.169 e. The summed E-state index contributed by atoms with van der Waals surface area (Å²) in [5.41, 5.74) is 3.23.